The molecule has 15 heteroatoms. The van der Waals surface area contributed by atoms with Crippen molar-refractivity contribution in [3.05, 3.63) is 35.9 Å². The Morgan fingerprint density at radius 2 is 1.42 bits per heavy atom. The number of benzene rings is 1. The number of nitrogens with one attached hydrogen (secondary N) is 5. The van der Waals surface area contributed by atoms with Gasteiger partial charge in [-0.3, -0.25) is 43.3 Å². The van der Waals surface area contributed by atoms with E-state index in [2.05, 4.69) is 26.6 Å². The Morgan fingerprint density at radius 3 is 2.06 bits per heavy atom. The van der Waals surface area contributed by atoms with Crippen LogP contribution in [0.2, 0.25) is 0 Å². The number of ether oxygens (including phenoxy) is 1. The van der Waals surface area contributed by atoms with Crippen molar-refractivity contribution in [2.75, 3.05) is 32.9 Å². The van der Waals surface area contributed by atoms with Gasteiger partial charge in [-0.1, -0.05) is 64.4 Å². The van der Waals surface area contributed by atoms with Gasteiger partial charge < -0.3 is 31.3 Å². The monoisotopic (exact) mass is 726 g/mol. The highest BCUT2D eigenvalue weighted by Crippen LogP contribution is 2.35. The number of nitrogens with zero attached hydrogens (tertiary/aromatic N) is 1. The molecule has 0 radical (unpaired) electrons. The van der Waals surface area contributed by atoms with Crippen molar-refractivity contribution in [1.82, 2.24) is 31.5 Å². The summed E-state index contributed by atoms with van der Waals surface area (Å²) in [6.45, 7) is 6.41. The lowest BCUT2D eigenvalue weighted by atomic mass is 9.94. The Kier molecular flexibility index (Phi) is 16.9. The van der Waals surface area contributed by atoms with Gasteiger partial charge in [-0.2, -0.15) is 0 Å². The number of ketones is 1. The summed E-state index contributed by atoms with van der Waals surface area (Å²) in [7, 11) is 0. The zero-order valence-corrected chi connectivity index (χ0v) is 30.7. The van der Waals surface area contributed by atoms with Gasteiger partial charge in [0.2, 0.25) is 41.4 Å². The zero-order valence-electron chi connectivity index (χ0n) is 30.7. The van der Waals surface area contributed by atoms with Gasteiger partial charge in [0.25, 0.3) is 0 Å². The zero-order chi connectivity index (χ0) is 38.2. The molecule has 15 nitrogen and oxygen atoms in total. The Morgan fingerprint density at radius 1 is 0.788 bits per heavy atom. The highest BCUT2D eigenvalue weighted by Gasteiger charge is 2.40. The van der Waals surface area contributed by atoms with Crippen molar-refractivity contribution in [1.29, 1.82) is 0 Å². The van der Waals surface area contributed by atoms with Crippen LogP contribution in [0.15, 0.2) is 30.3 Å². The van der Waals surface area contributed by atoms with E-state index >= 15 is 0 Å². The molecule has 1 saturated carbocycles. The van der Waals surface area contributed by atoms with Crippen LogP contribution in [-0.2, 0) is 49.5 Å². The van der Waals surface area contributed by atoms with Crippen molar-refractivity contribution in [2.24, 2.45) is 23.7 Å². The number of amides is 7. The number of imide groups is 1. The van der Waals surface area contributed by atoms with E-state index in [-0.39, 0.29) is 86.3 Å². The van der Waals surface area contributed by atoms with E-state index in [1.165, 1.54) is 4.90 Å². The highest BCUT2D eigenvalue weighted by molar-refractivity contribution is 6.03. The molecule has 7 amide bonds. The molecule has 0 spiro atoms. The van der Waals surface area contributed by atoms with E-state index in [9.17, 15) is 38.4 Å². The molecule has 0 bridgehead atoms. The Hall–Kier alpha value is -4.66. The number of hydrogen-bond acceptors (Lipinski definition) is 9. The summed E-state index contributed by atoms with van der Waals surface area (Å²) in [5.74, 6) is -3.24. The average molecular weight is 727 g/mol. The summed E-state index contributed by atoms with van der Waals surface area (Å²) in [4.78, 5) is 101. The first-order valence-electron chi connectivity index (χ1n) is 18.2. The van der Waals surface area contributed by atoms with Gasteiger partial charge >= 0.3 is 0 Å². The van der Waals surface area contributed by atoms with Crippen LogP contribution in [0.1, 0.15) is 78.2 Å². The van der Waals surface area contributed by atoms with Crippen LogP contribution >= 0.6 is 0 Å². The molecule has 0 aromatic heterocycles. The lowest BCUT2D eigenvalue weighted by molar-refractivity contribution is -0.140. The summed E-state index contributed by atoms with van der Waals surface area (Å²) in [6.07, 6.45) is 3.48. The second-order valence-corrected chi connectivity index (χ2v) is 14.1. The predicted octanol–water partition coefficient (Wildman–Crippen LogP) is 0.748. The number of carbonyl (C=O) groups is 8. The normalized spacial score (nSPS) is 16.7. The quantitative estimate of drug-likeness (QED) is 0.0612. The maximum atomic E-state index is 13.1. The lowest BCUT2D eigenvalue weighted by Crippen LogP contribution is -2.52. The summed E-state index contributed by atoms with van der Waals surface area (Å²) in [6, 6.07) is 7.89. The fraction of sp³-hybridized carbons (Fsp3) is 0.622. The molecular weight excluding hydrogens is 672 g/mol. The second-order valence-electron chi connectivity index (χ2n) is 14.1. The van der Waals surface area contributed by atoms with Gasteiger partial charge in [0.15, 0.2) is 5.78 Å². The van der Waals surface area contributed by atoms with Crippen LogP contribution in [-0.4, -0.2) is 97.1 Å². The molecule has 3 atom stereocenters. The van der Waals surface area contributed by atoms with Gasteiger partial charge in [-0.05, 0) is 43.1 Å². The fourth-order valence-corrected chi connectivity index (χ4v) is 5.75. The molecule has 1 aliphatic carbocycles. The standard InChI is InChI=1S/C37H54N6O9/c1-23(2)27-18-33(48)43(37(27)51)16-10-6-9-13-29(44)38-19-30(45)39-21-32(47)42-28(17-25-11-7-5-8-12-25)36(50)40-20-31(46)41-22-52-35(26-14-15-26)34(49)24(3)4/h5,7-8,11-12,23-24,26-28,35H,6,9-10,13-22H2,1-4H3,(H,38,44)(H,39,45)(H,40,50)(H,41,46)(H,42,47)/t27?,28-,35+/m0/s1. The third-order valence-corrected chi connectivity index (χ3v) is 9.05. The smallest absolute Gasteiger partial charge is 0.243 e. The van der Waals surface area contributed by atoms with Crippen LogP contribution in [0, 0.1) is 23.7 Å². The van der Waals surface area contributed by atoms with Crippen molar-refractivity contribution < 1.29 is 43.1 Å². The molecule has 2 aliphatic rings. The molecule has 1 unspecified atom stereocenters. The van der Waals surface area contributed by atoms with Crippen LogP contribution in [0.3, 0.4) is 0 Å². The molecule has 1 saturated heterocycles. The molecule has 2 fully saturated rings. The van der Waals surface area contributed by atoms with Crippen LogP contribution < -0.4 is 26.6 Å². The molecule has 1 aromatic carbocycles. The summed E-state index contributed by atoms with van der Waals surface area (Å²) in [5, 5.41) is 12.6. The predicted molar refractivity (Wildman–Crippen MR) is 190 cm³/mol. The maximum absolute atomic E-state index is 13.1. The minimum absolute atomic E-state index is 0.0124. The number of carbonyl (C=O) groups excluding carboxylic acids is 8. The Balaban J connectivity index is 1.35. The molecular formula is C37H54N6O9. The van der Waals surface area contributed by atoms with Crippen molar-refractivity contribution in [3.63, 3.8) is 0 Å². The number of hydrogen-bond donors (Lipinski definition) is 5. The number of Topliss-reactive ketones (excluding diaryl/α,β-unsaturated/α-hetero) is 1. The van der Waals surface area contributed by atoms with Gasteiger partial charge in [0.05, 0.1) is 19.6 Å². The number of likely N-dealkylation sites (tertiary alicyclic amines) is 1. The van der Waals surface area contributed by atoms with Crippen molar-refractivity contribution in [3.8, 4) is 0 Å². The van der Waals surface area contributed by atoms with E-state index in [0.29, 0.717) is 25.8 Å². The molecule has 1 aromatic rings. The molecule has 5 N–H and O–H groups in total. The maximum Gasteiger partial charge on any atom is 0.243 e. The first-order chi connectivity index (χ1) is 24.8. The number of rotatable bonds is 23. The van der Waals surface area contributed by atoms with E-state index in [4.69, 9.17) is 4.74 Å². The molecule has 1 aliphatic heterocycles. The topological polar surface area (TPSA) is 209 Å². The van der Waals surface area contributed by atoms with Crippen LogP contribution in [0.5, 0.6) is 0 Å². The van der Waals surface area contributed by atoms with Gasteiger partial charge in [0.1, 0.15) is 18.9 Å². The van der Waals surface area contributed by atoms with Crippen molar-refractivity contribution >= 4 is 47.1 Å². The largest absolute Gasteiger partial charge is 0.350 e. The highest BCUT2D eigenvalue weighted by atomic mass is 16.5. The van der Waals surface area contributed by atoms with Crippen LogP contribution in [0.4, 0.5) is 0 Å². The lowest BCUT2D eigenvalue weighted by Gasteiger charge is -2.20. The molecule has 3 rings (SSSR count). The first kappa shape index (κ1) is 41.8. The van der Waals surface area contributed by atoms with Gasteiger partial charge in [-0.25, -0.2) is 0 Å². The van der Waals surface area contributed by atoms with Crippen LogP contribution in [0.25, 0.3) is 0 Å². The first-order valence-corrected chi connectivity index (χ1v) is 18.2. The van der Waals surface area contributed by atoms with Gasteiger partial charge in [-0.15, -0.1) is 0 Å². The average Bonchev–Trinajstić information content (AvgIpc) is 3.91. The third-order valence-electron chi connectivity index (χ3n) is 9.05. The van der Waals surface area contributed by atoms with E-state index in [1.807, 2.05) is 19.9 Å². The molecule has 1 heterocycles. The minimum atomic E-state index is -1.06. The SMILES string of the molecule is CC(C)C(=O)[C@H](OCNC(=O)CNC(=O)[C@H](Cc1ccccc1)NC(=O)CNC(=O)CNC(=O)CCCCCN1C(=O)CC(C(C)C)C1=O)C1CC1. The summed E-state index contributed by atoms with van der Waals surface area (Å²) < 4.78 is 5.65. The third kappa shape index (κ3) is 14.2. The molecule has 286 valence electrons. The second kappa shape index (κ2) is 21.0. The fourth-order valence-electron chi connectivity index (χ4n) is 5.75. The van der Waals surface area contributed by atoms with E-state index < -0.39 is 42.3 Å². The minimum Gasteiger partial charge on any atom is -0.350 e. The Labute approximate surface area is 305 Å². The van der Waals surface area contributed by atoms with E-state index in [0.717, 1.165) is 18.4 Å². The van der Waals surface area contributed by atoms with Crippen molar-refractivity contribution in [2.45, 2.75) is 91.2 Å². The Bertz CT molecular complexity index is 1430. The molecule has 52 heavy (non-hydrogen) atoms. The number of unbranched alkanes of at least 4 members (excludes halogenated alkanes) is 2. The van der Waals surface area contributed by atoms with Gasteiger partial charge in [0, 0.05) is 37.6 Å². The summed E-state index contributed by atoms with van der Waals surface area (Å²) >= 11 is 0. The van der Waals surface area contributed by atoms with E-state index in [1.54, 1.807) is 38.1 Å². The summed E-state index contributed by atoms with van der Waals surface area (Å²) in [5.41, 5.74) is 0.756.